The number of nitrogens with zero attached hydrogens (tertiary/aromatic N) is 3. The van der Waals surface area contributed by atoms with Crippen molar-refractivity contribution in [3.05, 3.63) is 17.1 Å². The lowest BCUT2D eigenvalue weighted by atomic mass is 10.2. The van der Waals surface area contributed by atoms with Gasteiger partial charge in [0.15, 0.2) is 0 Å². The Morgan fingerprint density at radius 1 is 1.62 bits per heavy atom. The molecule has 3 rings (SSSR count). The molecule has 0 N–H and O–H groups in total. The molecule has 0 radical (unpaired) electrons. The van der Waals surface area contributed by atoms with E-state index >= 15 is 0 Å². The quantitative estimate of drug-likeness (QED) is 0.797. The third-order valence-electron chi connectivity index (χ3n) is 2.84. The molecule has 5 heteroatoms. The van der Waals surface area contributed by atoms with Gasteiger partial charge in [0.25, 0.3) is 0 Å². The third kappa shape index (κ3) is 1.55. The highest BCUT2D eigenvalue weighted by molar-refractivity contribution is 7.17. The molecule has 3 heterocycles. The minimum atomic E-state index is 0.160. The van der Waals surface area contributed by atoms with Crippen LogP contribution in [0.4, 0.5) is 0 Å². The number of ether oxygens (including phenoxy) is 1. The highest BCUT2D eigenvalue weighted by atomic mass is 32.1. The summed E-state index contributed by atoms with van der Waals surface area (Å²) in [5.74, 6) is 0. The maximum absolute atomic E-state index is 5.86. The Hall–Kier alpha value is -0.910. The van der Waals surface area contributed by atoms with Crippen LogP contribution in [0.2, 0.25) is 0 Å². The number of fused-ring (bicyclic) bond motifs is 3. The predicted molar refractivity (Wildman–Crippen MR) is 64.9 cm³/mol. The molecule has 0 aliphatic carbocycles. The van der Waals surface area contributed by atoms with Gasteiger partial charge in [-0.25, -0.2) is 0 Å². The Balaban J connectivity index is 2.07. The minimum absolute atomic E-state index is 0.160. The van der Waals surface area contributed by atoms with Gasteiger partial charge in [-0.15, -0.1) is 11.3 Å². The van der Waals surface area contributed by atoms with Crippen LogP contribution in [0, 0.1) is 0 Å². The summed E-state index contributed by atoms with van der Waals surface area (Å²) in [5, 5.41) is 6.70. The summed E-state index contributed by atoms with van der Waals surface area (Å²) in [6.07, 6.45) is 0.160. The summed E-state index contributed by atoms with van der Waals surface area (Å²) in [5.41, 5.74) is 2.36. The molecule has 0 bridgehead atoms. The molecule has 1 aliphatic rings. The van der Waals surface area contributed by atoms with Gasteiger partial charge in [0.2, 0.25) is 0 Å². The van der Waals surface area contributed by atoms with Crippen LogP contribution in [0.1, 0.15) is 11.8 Å². The van der Waals surface area contributed by atoms with Crippen LogP contribution >= 0.6 is 11.3 Å². The molecule has 4 nitrogen and oxygen atoms in total. The predicted octanol–water partition coefficient (Wildman–Crippen LogP) is 1.73. The van der Waals surface area contributed by atoms with Crippen LogP contribution in [0.15, 0.2) is 11.4 Å². The molecule has 2 aromatic rings. The molecule has 0 spiro atoms. The maximum Gasteiger partial charge on any atom is 0.113 e. The summed E-state index contributed by atoms with van der Waals surface area (Å²) in [6.45, 7) is 2.56. The lowest BCUT2D eigenvalue weighted by Gasteiger charge is -2.26. The van der Waals surface area contributed by atoms with Crippen LogP contribution in [0.5, 0.6) is 0 Å². The van der Waals surface area contributed by atoms with Crippen molar-refractivity contribution in [1.82, 2.24) is 14.7 Å². The molecule has 0 aromatic carbocycles. The molecular formula is C11H15N3OS. The fraction of sp³-hybridized carbons (Fsp3) is 0.545. The van der Waals surface area contributed by atoms with E-state index in [1.54, 1.807) is 11.3 Å². The second kappa shape index (κ2) is 3.84. The fourth-order valence-electron chi connectivity index (χ4n) is 2.19. The first-order chi connectivity index (χ1) is 7.75. The number of hydrogen-bond donors (Lipinski definition) is 0. The average molecular weight is 237 g/mol. The van der Waals surface area contributed by atoms with Gasteiger partial charge in [0.1, 0.15) is 11.6 Å². The van der Waals surface area contributed by atoms with Gasteiger partial charge < -0.3 is 9.64 Å². The summed E-state index contributed by atoms with van der Waals surface area (Å²) in [7, 11) is 4.15. The van der Waals surface area contributed by atoms with Gasteiger partial charge in [-0.3, -0.25) is 4.68 Å². The van der Waals surface area contributed by atoms with Crippen molar-refractivity contribution in [3.63, 3.8) is 0 Å². The van der Waals surface area contributed by atoms with E-state index in [1.165, 1.54) is 10.4 Å². The molecule has 16 heavy (non-hydrogen) atoms. The van der Waals surface area contributed by atoms with Gasteiger partial charge in [-0.05, 0) is 25.5 Å². The first-order valence-electron chi connectivity index (χ1n) is 5.46. The monoisotopic (exact) mass is 237 g/mol. The minimum Gasteiger partial charge on any atom is -0.369 e. The zero-order chi connectivity index (χ0) is 11.1. The topological polar surface area (TPSA) is 30.3 Å². The number of thiophene rings is 1. The average Bonchev–Trinajstić information content (AvgIpc) is 2.75. The van der Waals surface area contributed by atoms with Crippen molar-refractivity contribution < 1.29 is 4.74 Å². The van der Waals surface area contributed by atoms with Gasteiger partial charge >= 0.3 is 0 Å². The number of likely N-dealkylation sites (N-methyl/N-ethyl adjacent to an activating group) is 1. The van der Waals surface area contributed by atoms with Gasteiger partial charge in [-0.2, -0.15) is 5.10 Å². The standard InChI is InChI=1S/C11H15N3OS/c1-13(2)7-9-10-11-8(3-6-16-11)12-14(10)4-5-15-9/h3,6,9H,4-5,7H2,1-2H3. The van der Waals surface area contributed by atoms with Crippen molar-refractivity contribution in [2.24, 2.45) is 0 Å². The lowest BCUT2D eigenvalue weighted by Crippen LogP contribution is -2.29. The molecule has 0 amide bonds. The molecule has 1 atom stereocenters. The molecule has 1 unspecified atom stereocenters. The second-order valence-electron chi connectivity index (χ2n) is 4.37. The SMILES string of the molecule is CN(C)CC1OCCn2nc3ccsc3c21. The van der Waals surface area contributed by atoms with Crippen molar-refractivity contribution in [2.45, 2.75) is 12.6 Å². The van der Waals surface area contributed by atoms with Crippen molar-refractivity contribution in [2.75, 3.05) is 27.2 Å². The molecule has 1 aliphatic heterocycles. The molecule has 86 valence electrons. The fourth-order valence-corrected chi connectivity index (χ4v) is 3.11. The number of aromatic nitrogens is 2. The Morgan fingerprint density at radius 3 is 3.31 bits per heavy atom. The summed E-state index contributed by atoms with van der Waals surface area (Å²) in [4.78, 5) is 2.16. The molecular weight excluding hydrogens is 222 g/mol. The zero-order valence-corrected chi connectivity index (χ0v) is 10.3. The van der Waals surface area contributed by atoms with Gasteiger partial charge in [0, 0.05) is 6.54 Å². The summed E-state index contributed by atoms with van der Waals surface area (Å²) in [6, 6.07) is 2.08. The third-order valence-corrected chi connectivity index (χ3v) is 3.77. The first kappa shape index (κ1) is 10.3. The van der Waals surface area contributed by atoms with Crippen LogP contribution in [-0.4, -0.2) is 41.9 Å². The van der Waals surface area contributed by atoms with E-state index in [0.717, 1.165) is 25.2 Å². The van der Waals surface area contributed by atoms with E-state index in [1.807, 2.05) is 0 Å². The van der Waals surface area contributed by atoms with Crippen molar-refractivity contribution >= 4 is 21.6 Å². The first-order valence-corrected chi connectivity index (χ1v) is 6.34. The van der Waals surface area contributed by atoms with E-state index < -0.39 is 0 Å². The Morgan fingerprint density at radius 2 is 2.50 bits per heavy atom. The van der Waals surface area contributed by atoms with E-state index in [-0.39, 0.29) is 6.10 Å². The molecule has 2 aromatic heterocycles. The van der Waals surface area contributed by atoms with Crippen LogP contribution in [-0.2, 0) is 11.3 Å². The lowest BCUT2D eigenvalue weighted by molar-refractivity contribution is 0.00356. The normalized spacial score (nSPS) is 20.6. The summed E-state index contributed by atoms with van der Waals surface area (Å²) >= 11 is 1.76. The largest absolute Gasteiger partial charge is 0.369 e. The molecule has 0 saturated carbocycles. The van der Waals surface area contributed by atoms with Gasteiger partial charge in [-0.1, -0.05) is 0 Å². The van der Waals surface area contributed by atoms with Crippen LogP contribution in [0.3, 0.4) is 0 Å². The summed E-state index contributed by atoms with van der Waals surface area (Å²) < 4.78 is 9.25. The smallest absolute Gasteiger partial charge is 0.113 e. The Labute approximate surface area is 98.4 Å². The van der Waals surface area contributed by atoms with Crippen LogP contribution in [0.25, 0.3) is 10.2 Å². The van der Waals surface area contributed by atoms with E-state index in [0.29, 0.717) is 0 Å². The highest BCUT2D eigenvalue weighted by Gasteiger charge is 2.26. The zero-order valence-electron chi connectivity index (χ0n) is 9.51. The van der Waals surface area contributed by atoms with E-state index in [9.17, 15) is 0 Å². The van der Waals surface area contributed by atoms with Gasteiger partial charge in [0.05, 0.1) is 23.5 Å². The molecule has 0 saturated heterocycles. The van der Waals surface area contributed by atoms with Crippen molar-refractivity contribution in [1.29, 1.82) is 0 Å². The van der Waals surface area contributed by atoms with Crippen LogP contribution < -0.4 is 0 Å². The van der Waals surface area contributed by atoms with E-state index in [2.05, 4.69) is 40.2 Å². The van der Waals surface area contributed by atoms with Crippen molar-refractivity contribution in [3.8, 4) is 0 Å². The second-order valence-corrected chi connectivity index (χ2v) is 5.28. The highest BCUT2D eigenvalue weighted by Crippen LogP contribution is 2.33. The molecule has 0 fully saturated rings. The Kier molecular flexibility index (Phi) is 2.46. The maximum atomic E-state index is 5.86. The van der Waals surface area contributed by atoms with E-state index in [4.69, 9.17) is 4.74 Å². The number of hydrogen-bond acceptors (Lipinski definition) is 4. The number of rotatable bonds is 2. The Bertz CT molecular complexity index is 502.